The number of piperidine rings is 1. The number of methoxy groups -OCH3 is 1. The van der Waals surface area contributed by atoms with Crippen molar-refractivity contribution in [3.63, 3.8) is 0 Å². The summed E-state index contributed by atoms with van der Waals surface area (Å²) in [7, 11) is 3.79. The van der Waals surface area contributed by atoms with Crippen molar-refractivity contribution >= 4 is 5.78 Å². The zero-order chi connectivity index (χ0) is 13.7. The molecule has 0 N–H and O–H groups in total. The number of morpholine rings is 1. The highest BCUT2D eigenvalue weighted by atomic mass is 16.5. The van der Waals surface area contributed by atoms with Gasteiger partial charge in [-0.2, -0.15) is 0 Å². The van der Waals surface area contributed by atoms with Crippen molar-refractivity contribution in [2.75, 3.05) is 47.2 Å². The Morgan fingerprint density at radius 1 is 1.21 bits per heavy atom. The molecule has 0 spiro atoms. The first kappa shape index (κ1) is 14.9. The second-order valence-electron chi connectivity index (χ2n) is 5.50. The van der Waals surface area contributed by atoms with Gasteiger partial charge in [0.15, 0.2) is 0 Å². The van der Waals surface area contributed by atoms with E-state index in [4.69, 9.17) is 14.2 Å². The van der Waals surface area contributed by atoms with Gasteiger partial charge in [-0.15, -0.1) is 0 Å². The van der Waals surface area contributed by atoms with Gasteiger partial charge in [0.1, 0.15) is 5.78 Å². The van der Waals surface area contributed by atoms with E-state index in [0.717, 1.165) is 26.1 Å². The van der Waals surface area contributed by atoms with Crippen LogP contribution >= 0.6 is 0 Å². The number of ketones is 1. The normalized spacial score (nSPS) is 31.4. The molecule has 5 nitrogen and oxygen atoms in total. The minimum absolute atomic E-state index is 0.195. The van der Waals surface area contributed by atoms with Crippen LogP contribution in [0.2, 0.25) is 0 Å². The Bertz CT molecular complexity index is 283. The maximum atomic E-state index is 12.2. The molecule has 2 bridgehead atoms. The van der Waals surface area contributed by atoms with Crippen LogP contribution in [0.25, 0.3) is 0 Å². The molecule has 2 fully saturated rings. The highest BCUT2D eigenvalue weighted by Gasteiger charge is 2.38. The predicted octanol–water partition coefficient (Wildman–Crippen LogP) is 0.718. The van der Waals surface area contributed by atoms with Gasteiger partial charge in [-0.1, -0.05) is 0 Å². The van der Waals surface area contributed by atoms with Gasteiger partial charge in [-0.05, 0) is 19.9 Å². The molecule has 2 rings (SSSR count). The van der Waals surface area contributed by atoms with Gasteiger partial charge in [0, 0.05) is 31.5 Å². The fourth-order valence-electron chi connectivity index (χ4n) is 2.98. The van der Waals surface area contributed by atoms with Crippen molar-refractivity contribution in [1.82, 2.24) is 4.90 Å². The van der Waals surface area contributed by atoms with E-state index in [-0.39, 0.29) is 5.92 Å². The Morgan fingerprint density at radius 3 is 2.53 bits per heavy atom. The van der Waals surface area contributed by atoms with Crippen molar-refractivity contribution < 1.29 is 19.0 Å². The van der Waals surface area contributed by atoms with Crippen LogP contribution in [0.3, 0.4) is 0 Å². The van der Waals surface area contributed by atoms with Crippen LogP contribution in [-0.4, -0.2) is 70.0 Å². The van der Waals surface area contributed by atoms with Crippen LogP contribution < -0.4 is 0 Å². The standard InChI is InChI=1S/C14H25NO4/c1-15-12-7-11(8-13(15)10-19-9-12)14(16)3-4-18-6-5-17-2/h11-13H,3-10H2,1-2H3. The summed E-state index contributed by atoms with van der Waals surface area (Å²) < 4.78 is 15.8. The molecule has 0 aromatic rings. The first-order chi connectivity index (χ1) is 9.22. The van der Waals surface area contributed by atoms with Crippen LogP contribution in [0.5, 0.6) is 0 Å². The van der Waals surface area contributed by atoms with Gasteiger partial charge in [-0.25, -0.2) is 0 Å². The number of carbonyl (C=O) groups is 1. The molecule has 0 aromatic carbocycles. The van der Waals surface area contributed by atoms with Crippen molar-refractivity contribution in [2.24, 2.45) is 5.92 Å². The molecule has 0 radical (unpaired) electrons. The molecule has 2 aliphatic rings. The van der Waals surface area contributed by atoms with Gasteiger partial charge < -0.3 is 14.2 Å². The van der Waals surface area contributed by atoms with E-state index in [0.29, 0.717) is 44.1 Å². The second kappa shape index (κ2) is 7.33. The number of likely N-dealkylation sites (N-methyl/N-ethyl adjacent to an activating group) is 1. The maximum absolute atomic E-state index is 12.2. The lowest BCUT2D eigenvalue weighted by molar-refractivity contribution is -0.132. The summed E-state index contributed by atoms with van der Waals surface area (Å²) in [6.07, 6.45) is 2.40. The summed E-state index contributed by atoms with van der Waals surface area (Å²) in [6, 6.07) is 0.826. The summed E-state index contributed by atoms with van der Waals surface area (Å²) in [6.45, 7) is 3.20. The number of carbonyl (C=O) groups excluding carboxylic acids is 1. The van der Waals surface area contributed by atoms with Gasteiger partial charge in [0.25, 0.3) is 0 Å². The van der Waals surface area contributed by atoms with E-state index in [2.05, 4.69) is 11.9 Å². The van der Waals surface area contributed by atoms with Crippen LogP contribution in [0.1, 0.15) is 19.3 Å². The Balaban J connectivity index is 1.71. The first-order valence-corrected chi connectivity index (χ1v) is 7.11. The average Bonchev–Trinajstić information content (AvgIpc) is 2.38. The van der Waals surface area contributed by atoms with Crippen molar-refractivity contribution in [3.8, 4) is 0 Å². The number of hydrogen-bond acceptors (Lipinski definition) is 5. The molecule has 2 atom stereocenters. The summed E-state index contributed by atoms with van der Waals surface area (Å²) in [5.74, 6) is 0.545. The number of rotatable bonds is 7. The van der Waals surface area contributed by atoms with E-state index in [1.54, 1.807) is 7.11 Å². The number of ether oxygens (including phenoxy) is 3. The highest BCUT2D eigenvalue weighted by Crippen LogP contribution is 2.31. The van der Waals surface area contributed by atoms with Crippen molar-refractivity contribution in [2.45, 2.75) is 31.3 Å². The summed E-state index contributed by atoms with van der Waals surface area (Å²) in [5.41, 5.74) is 0. The van der Waals surface area contributed by atoms with Gasteiger partial charge >= 0.3 is 0 Å². The molecule has 2 aliphatic heterocycles. The smallest absolute Gasteiger partial charge is 0.138 e. The van der Waals surface area contributed by atoms with Crippen LogP contribution in [-0.2, 0) is 19.0 Å². The van der Waals surface area contributed by atoms with Crippen molar-refractivity contribution in [1.29, 1.82) is 0 Å². The number of nitrogens with zero attached hydrogens (tertiary/aromatic N) is 1. The third-order valence-electron chi connectivity index (χ3n) is 4.27. The van der Waals surface area contributed by atoms with Gasteiger partial charge in [0.05, 0.1) is 33.0 Å². The SMILES string of the molecule is COCCOCCC(=O)C1CC2COCC(C1)N2C. The molecule has 0 aliphatic carbocycles. The molecule has 2 saturated heterocycles. The van der Waals surface area contributed by atoms with Crippen LogP contribution in [0, 0.1) is 5.92 Å². The lowest BCUT2D eigenvalue weighted by atomic mass is 9.82. The number of Topliss-reactive ketones (excluding diaryl/α,β-unsaturated/α-hetero) is 1. The molecule has 2 heterocycles. The Labute approximate surface area is 115 Å². The molecule has 19 heavy (non-hydrogen) atoms. The predicted molar refractivity (Wildman–Crippen MR) is 71.2 cm³/mol. The summed E-state index contributed by atoms with van der Waals surface area (Å²) in [5, 5.41) is 0. The lowest BCUT2D eigenvalue weighted by Gasteiger charge is -2.46. The third-order valence-corrected chi connectivity index (χ3v) is 4.27. The fourth-order valence-corrected chi connectivity index (χ4v) is 2.98. The average molecular weight is 271 g/mol. The Hall–Kier alpha value is -0.490. The molecule has 2 unspecified atom stereocenters. The molecular formula is C14H25NO4. The maximum Gasteiger partial charge on any atom is 0.138 e. The minimum atomic E-state index is 0.195. The van der Waals surface area contributed by atoms with E-state index < -0.39 is 0 Å². The summed E-state index contributed by atoms with van der Waals surface area (Å²) in [4.78, 5) is 14.6. The number of fused-ring (bicyclic) bond motifs is 2. The molecular weight excluding hydrogens is 246 g/mol. The highest BCUT2D eigenvalue weighted by molar-refractivity contribution is 5.81. The Kier molecular flexibility index (Phi) is 5.76. The molecule has 0 saturated carbocycles. The molecule has 0 aromatic heterocycles. The van der Waals surface area contributed by atoms with E-state index >= 15 is 0 Å². The first-order valence-electron chi connectivity index (χ1n) is 7.11. The van der Waals surface area contributed by atoms with Crippen molar-refractivity contribution in [3.05, 3.63) is 0 Å². The zero-order valence-electron chi connectivity index (χ0n) is 12.0. The monoisotopic (exact) mass is 271 g/mol. The van der Waals surface area contributed by atoms with E-state index in [1.165, 1.54) is 0 Å². The quantitative estimate of drug-likeness (QED) is 0.639. The minimum Gasteiger partial charge on any atom is -0.382 e. The van der Waals surface area contributed by atoms with E-state index in [1.807, 2.05) is 0 Å². The largest absolute Gasteiger partial charge is 0.382 e. The van der Waals surface area contributed by atoms with Gasteiger partial charge in [0.2, 0.25) is 0 Å². The topological polar surface area (TPSA) is 48.0 Å². The van der Waals surface area contributed by atoms with Gasteiger partial charge in [-0.3, -0.25) is 9.69 Å². The fraction of sp³-hybridized carbons (Fsp3) is 0.929. The van der Waals surface area contributed by atoms with Crippen LogP contribution in [0.15, 0.2) is 0 Å². The molecule has 110 valence electrons. The third kappa shape index (κ3) is 3.99. The lowest BCUT2D eigenvalue weighted by Crippen LogP contribution is -2.55. The second-order valence-corrected chi connectivity index (χ2v) is 5.50. The Morgan fingerprint density at radius 2 is 1.89 bits per heavy atom. The molecule has 5 heteroatoms. The molecule has 0 amide bonds. The number of hydrogen-bond donors (Lipinski definition) is 0. The zero-order valence-corrected chi connectivity index (χ0v) is 12.0. The van der Waals surface area contributed by atoms with E-state index in [9.17, 15) is 4.79 Å². The van der Waals surface area contributed by atoms with Crippen LogP contribution in [0.4, 0.5) is 0 Å². The summed E-state index contributed by atoms with van der Waals surface area (Å²) >= 11 is 0.